The van der Waals surface area contributed by atoms with Crippen LogP contribution in [-0.4, -0.2) is 83.4 Å². The zero-order chi connectivity index (χ0) is 35.3. The fourth-order valence-electron chi connectivity index (χ4n) is 3.99. The number of anilines is 1. The van der Waals surface area contributed by atoms with Crippen LogP contribution in [0.4, 0.5) is 5.95 Å². The third-order valence-corrected chi connectivity index (χ3v) is 7.58. The molecule has 3 unspecified atom stereocenters. The van der Waals surface area contributed by atoms with Gasteiger partial charge in [0.05, 0.1) is 38.4 Å². The normalized spacial score (nSPS) is 12.6. The molecule has 0 aliphatic rings. The van der Waals surface area contributed by atoms with Gasteiger partial charge in [0.15, 0.2) is 11.2 Å². The number of nitrogens with two attached hydrogens (primary N) is 1. The van der Waals surface area contributed by atoms with Crippen LogP contribution >= 0.6 is 8.53 Å². The molecule has 48 heavy (non-hydrogen) atoms. The number of fused-ring (bicyclic) bond motifs is 1. The van der Waals surface area contributed by atoms with Gasteiger partial charge in [-0.2, -0.15) is 9.97 Å². The summed E-state index contributed by atoms with van der Waals surface area (Å²) in [5, 5.41) is 10.1. The molecular weight excluding hydrogens is 639 g/mol. The number of ether oxygens (including phenoxy) is 4. The van der Waals surface area contributed by atoms with Crippen molar-refractivity contribution < 1.29 is 37.9 Å². The van der Waals surface area contributed by atoms with Crippen LogP contribution in [0.3, 0.4) is 0 Å². The minimum absolute atomic E-state index is 0.115. The maximum absolute atomic E-state index is 12.3. The third-order valence-electron chi connectivity index (χ3n) is 6.22. The molecule has 15 heteroatoms. The van der Waals surface area contributed by atoms with Gasteiger partial charge in [-0.1, -0.05) is 48.5 Å². The summed E-state index contributed by atoms with van der Waals surface area (Å²) >= 11 is 0. The number of hydrogen-bond donors (Lipinski definition) is 3. The Bertz CT molecular complexity index is 1450. The number of para-hydroxylation sites is 1. The summed E-state index contributed by atoms with van der Waals surface area (Å²) in [6, 6.07) is 18.7. The number of aromatic nitrogens is 4. The molecule has 2 aromatic heterocycles. The zero-order valence-electron chi connectivity index (χ0n) is 28.7. The average Bonchev–Trinajstić information content (AvgIpc) is 3.49. The van der Waals surface area contributed by atoms with Crippen LogP contribution in [-0.2, 0) is 36.7 Å². The fourth-order valence-corrected chi connectivity index (χ4v) is 5.21. The van der Waals surface area contributed by atoms with Crippen molar-refractivity contribution in [2.24, 2.45) is 0 Å². The van der Waals surface area contributed by atoms with Crippen LogP contribution in [0, 0.1) is 0 Å². The van der Waals surface area contributed by atoms with E-state index in [9.17, 15) is 4.79 Å². The number of aliphatic hydroxyl groups is 1. The van der Waals surface area contributed by atoms with Gasteiger partial charge in [0.25, 0.3) is 0 Å². The molecule has 2 aromatic carbocycles. The van der Waals surface area contributed by atoms with Gasteiger partial charge in [-0.3, -0.25) is 4.79 Å². The number of carbonyl (C=O) groups is 1. The van der Waals surface area contributed by atoms with Crippen LogP contribution in [0.5, 0.6) is 11.6 Å². The minimum Gasteiger partial charge on any atom is -0.476 e. The number of esters is 1. The fraction of sp³-hybridized carbons (Fsp3) is 0.455. The Morgan fingerprint density at radius 2 is 1.69 bits per heavy atom. The number of methoxy groups -OCH3 is 2. The Kier molecular flexibility index (Phi) is 19.0. The number of imidazole rings is 1. The van der Waals surface area contributed by atoms with E-state index in [1.165, 1.54) is 5.56 Å². The van der Waals surface area contributed by atoms with Gasteiger partial charge in [-0.05, 0) is 51.8 Å². The number of nitrogen functional groups attached to an aromatic ring is 1. The van der Waals surface area contributed by atoms with Gasteiger partial charge < -0.3 is 43.4 Å². The molecule has 0 saturated heterocycles. The topological polar surface area (TPSA) is 174 Å². The van der Waals surface area contributed by atoms with Crippen molar-refractivity contribution in [1.29, 1.82) is 0 Å². The number of hydrogen-bond acceptors (Lipinski definition) is 13. The van der Waals surface area contributed by atoms with Crippen LogP contribution in [0.25, 0.3) is 11.2 Å². The molecule has 0 amide bonds. The summed E-state index contributed by atoms with van der Waals surface area (Å²) < 4.78 is 35.3. The largest absolute Gasteiger partial charge is 0.476 e. The smallest absolute Gasteiger partial charge is 0.323 e. The van der Waals surface area contributed by atoms with E-state index in [4.69, 9.17) is 38.8 Å². The van der Waals surface area contributed by atoms with Crippen LogP contribution in [0.1, 0.15) is 39.7 Å². The summed E-state index contributed by atoms with van der Waals surface area (Å²) in [4.78, 5) is 25.1. The maximum Gasteiger partial charge on any atom is 0.323 e. The van der Waals surface area contributed by atoms with Gasteiger partial charge >= 0.3 is 14.5 Å². The van der Waals surface area contributed by atoms with Crippen LogP contribution in [0.2, 0.25) is 0 Å². The van der Waals surface area contributed by atoms with E-state index in [0.29, 0.717) is 49.0 Å². The van der Waals surface area contributed by atoms with Gasteiger partial charge in [0.2, 0.25) is 11.8 Å². The van der Waals surface area contributed by atoms with Crippen molar-refractivity contribution >= 4 is 31.6 Å². The lowest BCUT2D eigenvalue weighted by molar-refractivity contribution is -0.149. The van der Waals surface area contributed by atoms with E-state index in [1.54, 1.807) is 41.3 Å². The first-order valence-corrected chi connectivity index (χ1v) is 16.7. The SMILES string of the molecule is CCOc1nc(N)nc2c1ncn2CCC(COP(NC(C)C(=O)OC(C)C)Oc1ccccc1)OC.CO.COCc1ccccc1. The van der Waals surface area contributed by atoms with E-state index >= 15 is 0 Å². The molecule has 0 bridgehead atoms. The van der Waals surface area contributed by atoms with Gasteiger partial charge in [-0.25, -0.2) is 10.1 Å². The molecule has 0 saturated carbocycles. The predicted octanol–water partition coefficient (Wildman–Crippen LogP) is 4.91. The monoisotopic (exact) mass is 688 g/mol. The lowest BCUT2D eigenvalue weighted by Crippen LogP contribution is -2.35. The van der Waals surface area contributed by atoms with Crippen molar-refractivity contribution in [3.8, 4) is 11.6 Å². The van der Waals surface area contributed by atoms with E-state index < -0.39 is 14.6 Å². The highest BCUT2D eigenvalue weighted by Gasteiger charge is 2.25. The summed E-state index contributed by atoms with van der Waals surface area (Å²) in [5.74, 6) is 0.706. The lowest BCUT2D eigenvalue weighted by atomic mass is 10.2. The molecule has 4 N–H and O–H groups in total. The molecule has 0 radical (unpaired) electrons. The number of nitrogens with zero attached hydrogens (tertiary/aromatic N) is 4. The highest BCUT2D eigenvalue weighted by atomic mass is 31.2. The number of aliphatic hydroxyl groups excluding tert-OH is 1. The van der Waals surface area contributed by atoms with Crippen molar-refractivity contribution in [2.45, 2.75) is 65.5 Å². The number of benzene rings is 2. The number of aryl methyl sites for hydroxylation is 1. The number of rotatable bonds is 17. The van der Waals surface area contributed by atoms with E-state index in [1.807, 2.05) is 72.2 Å². The molecule has 0 aliphatic heterocycles. The van der Waals surface area contributed by atoms with Gasteiger partial charge in [-0.15, -0.1) is 0 Å². The van der Waals surface area contributed by atoms with Crippen molar-refractivity contribution in [2.75, 3.05) is 40.3 Å². The molecule has 0 fully saturated rings. The van der Waals surface area contributed by atoms with Crippen molar-refractivity contribution in [3.05, 3.63) is 72.6 Å². The first-order valence-electron chi connectivity index (χ1n) is 15.5. The van der Waals surface area contributed by atoms with E-state index in [2.05, 4.69) is 20.0 Å². The molecule has 2 heterocycles. The molecule has 4 rings (SSSR count). The summed E-state index contributed by atoms with van der Waals surface area (Å²) in [7, 11) is 2.64. The Balaban J connectivity index is 0.000000620. The molecule has 264 valence electrons. The molecule has 0 aliphatic carbocycles. The second kappa shape index (κ2) is 22.6. The Labute approximate surface area is 283 Å². The molecule has 3 atom stereocenters. The first-order chi connectivity index (χ1) is 23.2. The van der Waals surface area contributed by atoms with Crippen LogP contribution < -0.4 is 20.1 Å². The quantitative estimate of drug-likeness (QED) is 0.101. The Morgan fingerprint density at radius 1 is 1.02 bits per heavy atom. The summed E-state index contributed by atoms with van der Waals surface area (Å²) in [5.41, 5.74) is 8.21. The summed E-state index contributed by atoms with van der Waals surface area (Å²) in [6.45, 7) is 9.09. The number of carbonyl (C=O) groups excluding carboxylic acids is 1. The zero-order valence-corrected chi connectivity index (χ0v) is 29.6. The minimum atomic E-state index is -1.67. The van der Waals surface area contributed by atoms with Gasteiger partial charge in [0, 0.05) is 27.9 Å². The second-order valence-electron chi connectivity index (χ2n) is 10.3. The van der Waals surface area contributed by atoms with E-state index in [0.717, 1.165) is 7.11 Å². The van der Waals surface area contributed by atoms with Crippen molar-refractivity contribution in [1.82, 2.24) is 24.6 Å². The molecule has 4 aromatic rings. The number of nitrogens with one attached hydrogen (secondary N) is 1. The second-order valence-corrected chi connectivity index (χ2v) is 11.5. The molecule has 0 spiro atoms. The standard InChI is InChI=1S/C24H35N6O6P.C8H10O.CH4O/c1-6-33-22-20-21(27-24(25)28-22)30(15-26-20)13-12-19(32-5)14-34-37(36-18-10-8-7-9-11-18)29-17(4)23(31)35-16(2)3;1-9-7-8-5-3-2-4-6-8;1-2/h7-11,15-17,19,29H,6,12-14H2,1-5H3,(H2,25,27,28);2-6H,7H2,1H3;2H,1H3. The van der Waals surface area contributed by atoms with E-state index in [-0.39, 0.29) is 30.7 Å². The highest BCUT2D eigenvalue weighted by molar-refractivity contribution is 7.45. The average molecular weight is 689 g/mol. The maximum atomic E-state index is 12.3. The molecule has 14 nitrogen and oxygen atoms in total. The third kappa shape index (κ3) is 14.1. The predicted molar refractivity (Wildman–Crippen MR) is 185 cm³/mol. The Hall–Kier alpha value is -3.91. The lowest BCUT2D eigenvalue weighted by Gasteiger charge is -2.24. The van der Waals surface area contributed by atoms with Crippen LogP contribution in [0.15, 0.2) is 67.0 Å². The van der Waals surface area contributed by atoms with Crippen molar-refractivity contribution in [3.63, 3.8) is 0 Å². The summed E-state index contributed by atoms with van der Waals surface area (Å²) in [6.07, 6.45) is 1.77. The highest BCUT2D eigenvalue weighted by Crippen LogP contribution is 2.36. The van der Waals surface area contributed by atoms with Gasteiger partial charge in [0.1, 0.15) is 11.8 Å². The Morgan fingerprint density at radius 3 is 2.29 bits per heavy atom. The first kappa shape index (κ1) is 40.3. The molecular formula is C33H49N6O8P.